The van der Waals surface area contributed by atoms with Crippen molar-refractivity contribution in [1.29, 1.82) is 0 Å². The van der Waals surface area contributed by atoms with E-state index in [4.69, 9.17) is 16.7 Å². The van der Waals surface area contributed by atoms with E-state index in [1.807, 2.05) is 15.2 Å². The van der Waals surface area contributed by atoms with E-state index in [-0.39, 0.29) is 24.6 Å². The Morgan fingerprint density at radius 3 is 2.34 bits per heavy atom. The third-order valence-electron chi connectivity index (χ3n) is 5.61. The quantitative estimate of drug-likeness (QED) is 0.324. The number of aryl methyl sites for hydroxylation is 1. The Hall–Kier alpha value is -4.25. The maximum Gasteiger partial charge on any atom is 0.573 e. The van der Waals surface area contributed by atoms with Gasteiger partial charge in [-0.15, -0.1) is 13.2 Å². The Labute approximate surface area is 219 Å². The first-order valence-electron chi connectivity index (χ1n) is 11.3. The molecule has 0 saturated heterocycles. The summed E-state index contributed by atoms with van der Waals surface area (Å²) in [6.45, 7) is 0.395. The molecule has 12 heteroatoms. The van der Waals surface area contributed by atoms with Crippen LogP contribution < -0.4 is 15.7 Å². The third-order valence-corrected chi connectivity index (χ3v) is 5.85. The van der Waals surface area contributed by atoms with Crippen molar-refractivity contribution < 1.29 is 32.6 Å². The minimum absolute atomic E-state index is 0.0263. The van der Waals surface area contributed by atoms with E-state index >= 15 is 0 Å². The lowest BCUT2D eigenvalue weighted by Gasteiger charge is -2.09. The van der Waals surface area contributed by atoms with E-state index in [0.29, 0.717) is 28.4 Å². The van der Waals surface area contributed by atoms with Crippen LogP contribution in [0.2, 0.25) is 5.02 Å². The number of carbonyl (C=O) groups is 2. The van der Waals surface area contributed by atoms with Gasteiger partial charge in [0.1, 0.15) is 5.75 Å². The summed E-state index contributed by atoms with van der Waals surface area (Å²) in [6, 6.07) is 17.5. The Bertz CT molecular complexity index is 1540. The second-order valence-corrected chi connectivity index (χ2v) is 8.76. The van der Waals surface area contributed by atoms with Gasteiger partial charge in [-0.3, -0.25) is 9.59 Å². The van der Waals surface area contributed by atoms with E-state index in [9.17, 15) is 22.8 Å². The summed E-state index contributed by atoms with van der Waals surface area (Å²) >= 11 is 6.21. The van der Waals surface area contributed by atoms with E-state index in [1.165, 1.54) is 24.3 Å². The summed E-state index contributed by atoms with van der Waals surface area (Å²) in [5.74, 6) is -1.72. The van der Waals surface area contributed by atoms with E-state index in [2.05, 4.69) is 15.0 Å². The molecule has 0 atom stereocenters. The van der Waals surface area contributed by atoms with E-state index in [1.54, 1.807) is 43.4 Å². The Morgan fingerprint density at radius 1 is 1.03 bits per heavy atom. The topological polar surface area (TPSA) is 97.9 Å². The SMILES string of the molecule is Cn1/c(=N\c2ccc(OC(F)(F)F)cc2)n(Cc2ccc(C(=O)NCCC(=O)O)cc2)c2ccc(Cl)cc21. The number of fused-ring (bicyclic) bond motifs is 1. The molecule has 0 radical (unpaired) electrons. The molecule has 0 unspecified atom stereocenters. The van der Waals surface area contributed by atoms with Crippen molar-refractivity contribution in [2.24, 2.45) is 12.0 Å². The average Bonchev–Trinajstić information content (AvgIpc) is 3.09. The first-order chi connectivity index (χ1) is 18.0. The lowest BCUT2D eigenvalue weighted by molar-refractivity contribution is -0.274. The molecule has 1 heterocycles. The largest absolute Gasteiger partial charge is 0.573 e. The van der Waals surface area contributed by atoms with Gasteiger partial charge >= 0.3 is 12.3 Å². The van der Waals surface area contributed by atoms with Crippen LogP contribution in [0.1, 0.15) is 22.3 Å². The van der Waals surface area contributed by atoms with Crippen molar-refractivity contribution >= 4 is 40.2 Å². The number of alkyl halides is 3. The highest BCUT2D eigenvalue weighted by Gasteiger charge is 2.31. The van der Waals surface area contributed by atoms with E-state index in [0.717, 1.165) is 16.6 Å². The number of ether oxygens (including phenoxy) is 1. The van der Waals surface area contributed by atoms with Gasteiger partial charge in [0.15, 0.2) is 0 Å². The minimum Gasteiger partial charge on any atom is -0.481 e. The number of hydrogen-bond acceptors (Lipinski definition) is 4. The first-order valence-corrected chi connectivity index (χ1v) is 11.7. The summed E-state index contributed by atoms with van der Waals surface area (Å²) in [6.07, 6.45) is -4.96. The Morgan fingerprint density at radius 2 is 1.71 bits per heavy atom. The molecule has 4 aromatic rings. The zero-order chi connectivity index (χ0) is 27.4. The minimum atomic E-state index is -4.79. The van der Waals surface area contributed by atoms with Crippen LogP contribution in [0.5, 0.6) is 5.75 Å². The lowest BCUT2D eigenvalue weighted by atomic mass is 10.1. The number of halogens is 4. The first kappa shape index (κ1) is 26.8. The van der Waals surface area contributed by atoms with Crippen molar-refractivity contribution in [1.82, 2.24) is 14.5 Å². The summed E-state index contributed by atoms with van der Waals surface area (Å²) in [5, 5.41) is 11.8. The van der Waals surface area contributed by atoms with Gasteiger partial charge in [0.05, 0.1) is 29.7 Å². The van der Waals surface area contributed by atoms with Crippen LogP contribution in [-0.4, -0.2) is 39.0 Å². The normalized spacial score (nSPS) is 12.1. The summed E-state index contributed by atoms with van der Waals surface area (Å²) in [5.41, 5.74) is 3.79. The molecule has 4 rings (SSSR count). The molecule has 0 fully saturated rings. The molecule has 8 nitrogen and oxygen atoms in total. The van der Waals surface area contributed by atoms with Crippen molar-refractivity contribution in [3.63, 3.8) is 0 Å². The molecule has 0 aliphatic rings. The van der Waals surface area contributed by atoms with Gasteiger partial charge < -0.3 is 24.3 Å². The van der Waals surface area contributed by atoms with Crippen LogP contribution in [0.15, 0.2) is 71.7 Å². The Kier molecular flexibility index (Phi) is 7.77. The number of benzene rings is 3. The fraction of sp³-hybridized carbons (Fsp3) is 0.192. The number of nitrogens with one attached hydrogen (secondary N) is 1. The molecule has 0 spiro atoms. The van der Waals surface area contributed by atoms with Gasteiger partial charge in [-0.2, -0.15) is 0 Å². The highest BCUT2D eigenvalue weighted by molar-refractivity contribution is 6.31. The highest BCUT2D eigenvalue weighted by atomic mass is 35.5. The molecule has 0 aliphatic carbocycles. The summed E-state index contributed by atoms with van der Waals surface area (Å²) in [7, 11) is 1.81. The van der Waals surface area contributed by atoms with Crippen molar-refractivity contribution in [3.05, 3.63) is 88.5 Å². The van der Waals surface area contributed by atoms with Crippen LogP contribution in [0.25, 0.3) is 11.0 Å². The van der Waals surface area contributed by atoms with Gasteiger partial charge in [-0.1, -0.05) is 23.7 Å². The molecule has 0 bridgehead atoms. The van der Waals surface area contributed by atoms with Gasteiger partial charge in [0, 0.05) is 24.2 Å². The molecular weight excluding hydrogens is 525 g/mol. The predicted octanol–water partition coefficient (Wildman–Crippen LogP) is 5.02. The molecule has 0 saturated carbocycles. The second kappa shape index (κ2) is 11.0. The molecule has 2 N–H and O–H groups in total. The summed E-state index contributed by atoms with van der Waals surface area (Å²) < 4.78 is 45.2. The number of rotatable bonds is 8. The molecule has 38 heavy (non-hydrogen) atoms. The molecule has 3 aromatic carbocycles. The number of aliphatic carboxylic acids is 1. The van der Waals surface area contributed by atoms with Gasteiger partial charge in [0.2, 0.25) is 5.62 Å². The fourth-order valence-electron chi connectivity index (χ4n) is 3.85. The number of aromatic nitrogens is 2. The fourth-order valence-corrected chi connectivity index (χ4v) is 4.01. The van der Waals surface area contributed by atoms with Gasteiger partial charge in [-0.05, 0) is 60.2 Å². The van der Waals surface area contributed by atoms with Gasteiger partial charge in [-0.25, -0.2) is 4.99 Å². The number of carboxylic acid groups (broad SMARTS) is 1. The van der Waals surface area contributed by atoms with Crippen LogP contribution in [0.3, 0.4) is 0 Å². The van der Waals surface area contributed by atoms with Crippen LogP contribution >= 0.6 is 11.6 Å². The van der Waals surface area contributed by atoms with E-state index < -0.39 is 12.3 Å². The molecule has 0 aliphatic heterocycles. The van der Waals surface area contributed by atoms with Crippen LogP contribution in [-0.2, 0) is 18.4 Å². The molecule has 1 aromatic heterocycles. The van der Waals surface area contributed by atoms with Gasteiger partial charge in [0.25, 0.3) is 5.91 Å². The van der Waals surface area contributed by atoms with Crippen LogP contribution in [0.4, 0.5) is 18.9 Å². The van der Waals surface area contributed by atoms with Crippen molar-refractivity contribution in [2.45, 2.75) is 19.3 Å². The molecule has 198 valence electrons. The maximum absolute atomic E-state index is 12.5. The monoisotopic (exact) mass is 546 g/mol. The average molecular weight is 547 g/mol. The number of amides is 1. The maximum atomic E-state index is 12.5. The number of imidazole rings is 1. The molecular formula is C26H22ClF3N4O4. The highest BCUT2D eigenvalue weighted by Crippen LogP contribution is 2.25. The summed E-state index contributed by atoms with van der Waals surface area (Å²) in [4.78, 5) is 27.6. The predicted molar refractivity (Wildman–Crippen MR) is 134 cm³/mol. The third kappa shape index (κ3) is 6.54. The smallest absolute Gasteiger partial charge is 0.481 e. The number of hydrogen-bond donors (Lipinski definition) is 2. The zero-order valence-electron chi connectivity index (χ0n) is 20.0. The second-order valence-electron chi connectivity index (χ2n) is 8.33. The van der Waals surface area contributed by atoms with Crippen LogP contribution in [0, 0.1) is 0 Å². The van der Waals surface area contributed by atoms with Crippen molar-refractivity contribution in [3.8, 4) is 5.75 Å². The lowest BCUT2D eigenvalue weighted by Crippen LogP contribution is -2.26. The number of carboxylic acids is 1. The number of carbonyl (C=O) groups excluding carboxylic acids is 1. The van der Waals surface area contributed by atoms with Crippen molar-refractivity contribution in [2.75, 3.05) is 6.54 Å². The zero-order valence-corrected chi connectivity index (χ0v) is 20.8. The number of nitrogens with zero attached hydrogens (tertiary/aromatic N) is 3. The Balaban J connectivity index is 1.66. The standard InChI is InChI=1S/C26H22ClF3N4O4/c1-33-22-14-18(27)6-11-21(22)34(25(33)32-19-7-9-20(10-8-19)38-26(28,29)30)15-16-2-4-17(5-3-16)24(37)31-13-12-23(35)36/h2-11,14H,12-13,15H2,1H3,(H,31,37)(H,35,36)/b32-25+. The molecule has 1 amide bonds.